The Kier molecular flexibility index (Phi) is 5.62. The highest BCUT2D eigenvalue weighted by Gasteiger charge is 2.42. The van der Waals surface area contributed by atoms with E-state index in [9.17, 15) is 4.79 Å². The largest absolute Gasteiger partial charge is 0.494 e. The predicted octanol–water partition coefficient (Wildman–Crippen LogP) is 4.06. The zero-order valence-electron chi connectivity index (χ0n) is 16.7. The first-order valence-electron chi connectivity index (χ1n) is 9.91. The Bertz CT molecular complexity index is 984. The van der Waals surface area contributed by atoms with Gasteiger partial charge in [0.05, 0.1) is 24.9 Å². The molecule has 1 aromatic heterocycles. The minimum absolute atomic E-state index is 0.0587. The fourth-order valence-electron chi connectivity index (χ4n) is 3.77. The molecular formula is C23H25N3O3. The van der Waals surface area contributed by atoms with Crippen LogP contribution in [0.25, 0.3) is 11.3 Å². The molecule has 0 saturated carbocycles. The first-order valence-corrected chi connectivity index (χ1v) is 9.91. The zero-order valence-corrected chi connectivity index (χ0v) is 16.7. The number of amides is 1. The van der Waals surface area contributed by atoms with Gasteiger partial charge in [0.15, 0.2) is 0 Å². The van der Waals surface area contributed by atoms with Crippen LogP contribution in [0.15, 0.2) is 54.6 Å². The molecule has 0 aliphatic carbocycles. The van der Waals surface area contributed by atoms with Gasteiger partial charge in [-0.3, -0.25) is 9.89 Å². The molecular weight excluding hydrogens is 366 g/mol. The van der Waals surface area contributed by atoms with E-state index < -0.39 is 0 Å². The van der Waals surface area contributed by atoms with Crippen LogP contribution in [-0.4, -0.2) is 47.9 Å². The van der Waals surface area contributed by atoms with Gasteiger partial charge < -0.3 is 14.4 Å². The second kappa shape index (κ2) is 8.49. The van der Waals surface area contributed by atoms with Gasteiger partial charge in [0.1, 0.15) is 11.4 Å². The zero-order chi connectivity index (χ0) is 20.2. The highest BCUT2D eigenvalue weighted by Crippen LogP contribution is 2.43. The molecule has 1 amide bonds. The summed E-state index contributed by atoms with van der Waals surface area (Å²) in [7, 11) is 1.64. The molecule has 1 unspecified atom stereocenters. The summed E-state index contributed by atoms with van der Waals surface area (Å²) in [6.45, 7) is 3.70. The van der Waals surface area contributed by atoms with Crippen molar-refractivity contribution in [1.29, 1.82) is 0 Å². The predicted molar refractivity (Wildman–Crippen MR) is 111 cm³/mol. The highest BCUT2D eigenvalue weighted by atomic mass is 16.5. The number of aromatic nitrogens is 2. The number of carbonyl (C=O) groups is 1. The number of ether oxygens (including phenoxy) is 2. The number of aromatic amines is 1. The molecule has 0 spiro atoms. The third kappa shape index (κ3) is 3.63. The molecule has 0 saturated heterocycles. The maximum absolute atomic E-state index is 13.2. The average molecular weight is 391 g/mol. The number of hydrogen-bond donors (Lipinski definition) is 1. The Balaban J connectivity index is 1.80. The van der Waals surface area contributed by atoms with Gasteiger partial charge in [0.25, 0.3) is 5.91 Å². The fraction of sp³-hybridized carbons (Fsp3) is 0.304. The SMILES string of the molecule is CCCOc1cccc(C2c3c(-c4ccccc4)n[nH]c3C(=O)N2CCOC)c1. The van der Waals surface area contributed by atoms with E-state index in [1.54, 1.807) is 7.11 Å². The molecule has 1 aliphatic rings. The first-order chi connectivity index (χ1) is 14.2. The molecule has 6 nitrogen and oxygen atoms in total. The van der Waals surface area contributed by atoms with Crippen molar-refractivity contribution in [2.75, 3.05) is 26.9 Å². The lowest BCUT2D eigenvalue weighted by atomic mass is 9.96. The van der Waals surface area contributed by atoms with E-state index in [1.807, 2.05) is 59.5 Å². The number of benzene rings is 2. The van der Waals surface area contributed by atoms with Gasteiger partial charge in [-0.1, -0.05) is 49.4 Å². The molecule has 6 heteroatoms. The van der Waals surface area contributed by atoms with Gasteiger partial charge in [0, 0.05) is 24.8 Å². The number of hydrogen-bond acceptors (Lipinski definition) is 4. The topological polar surface area (TPSA) is 67.5 Å². The molecule has 0 fully saturated rings. The second-order valence-electron chi connectivity index (χ2n) is 7.04. The standard InChI is InChI=1S/C23H25N3O3/c1-3-13-29-18-11-7-10-17(15-18)22-19-20(16-8-5-4-6-9-16)24-25-21(19)23(27)26(22)12-14-28-2/h4-11,15,22H,3,12-14H2,1-2H3,(H,24,25). The Labute approximate surface area is 170 Å². The summed E-state index contributed by atoms with van der Waals surface area (Å²) in [6, 6.07) is 17.7. The van der Waals surface area contributed by atoms with Crippen molar-refractivity contribution in [1.82, 2.24) is 15.1 Å². The lowest BCUT2D eigenvalue weighted by Gasteiger charge is -2.26. The lowest BCUT2D eigenvalue weighted by molar-refractivity contribution is 0.0677. The summed E-state index contributed by atoms with van der Waals surface area (Å²) in [6.07, 6.45) is 0.941. The van der Waals surface area contributed by atoms with Crippen LogP contribution in [0.3, 0.4) is 0 Å². The van der Waals surface area contributed by atoms with Crippen molar-refractivity contribution in [2.45, 2.75) is 19.4 Å². The monoisotopic (exact) mass is 391 g/mol. The highest BCUT2D eigenvalue weighted by molar-refractivity contribution is 6.00. The van der Waals surface area contributed by atoms with E-state index in [-0.39, 0.29) is 11.9 Å². The third-order valence-electron chi connectivity index (χ3n) is 5.09. The van der Waals surface area contributed by atoms with Crippen LogP contribution in [-0.2, 0) is 4.74 Å². The maximum Gasteiger partial charge on any atom is 0.273 e. The molecule has 2 heterocycles. The van der Waals surface area contributed by atoms with Crippen LogP contribution in [0.1, 0.15) is 41.0 Å². The average Bonchev–Trinajstić information content (AvgIpc) is 3.30. The summed E-state index contributed by atoms with van der Waals surface area (Å²) < 4.78 is 11.1. The number of rotatable bonds is 8. The van der Waals surface area contributed by atoms with Crippen molar-refractivity contribution in [3.05, 3.63) is 71.4 Å². The number of fused-ring (bicyclic) bond motifs is 1. The summed E-state index contributed by atoms with van der Waals surface area (Å²) in [5.74, 6) is 0.748. The van der Waals surface area contributed by atoms with Crippen molar-refractivity contribution in [3.63, 3.8) is 0 Å². The molecule has 0 radical (unpaired) electrons. The molecule has 0 bridgehead atoms. The minimum Gasteiger partial charge on any atom is -0.494 e. The number of methoxy groups -OCH3 is 1. The quantitative estimate of drug-likeness (QED) is 0.629. The summed E-state index contributed by atoms with van der Waals surface area (Å²) in [5.41, 5.74) is 4.24. The van der Waals surface area contributed by atoms with Crippen LogP contribution in [0, 0.1) is 0 Å². The number of H-pyrrole nitrogens is 1. The summed E-state index contributed by atoms with van der Waals surface area (Å²) >= 11 is 0. The van der Waals surface area contributed by atoms with E-state index in [2.05, 4.69) is 17.1 Å². The first kappa shape index (κ1) is 19.2. The Morgan fingerprint density at radius 1 is 1.10 bits per heavy atom. The molecule has 2 aromatic carbocycles. The van der Waals surface area contributed by atoms with Crippen molar-refractivity contribution >= 4 is 5.91 Å². The van der Waals surface area contributed by atoms with Crippen LogP contribution in [0.5, 0.6) is 5.75 Å². The minimum atomic E-state index is -0.244. The Morgan fingerprint density at radius 3 is 2.69 bits per heavy atom. The van der Waals surface area contributed by atoms with Gasteiger partial charge in [-0.15, -0.1) is 0 Å². The van der Waals surface area contributed by atoms with E-state index in [4.69, 9.17) is 9.47 Å². The van der Waals surface area contributed by atoms with E-state index >= 15 is 0 Å². The molecule has 29 heavy (non-hydrogen) atoms. The lowest BCUT2D eigenvalue weighted by Crippen LogP contribution is -2.32. The normalized spacial score (nSPS) is 15.6. The summed E-state index contributed by atoms with van der Waals surface area (Å²) in [4.78, 5) is 15.0. The van der Waals surface area contributed by atoms with Crippen molar-refractivity contribution in [3.8, 4) is 17.0 Å². The number of carbonyl (C=O) groups excluding carboxylic acids is 1. The molecule has 3 aromatic rings. The van der Waals surface area contributed by atoms with Gasteiger partial charge in [-0.25, -0.2) is 0 Å². The smallest absolute Gasteiger partial charge is 0.273 e. The van der Waals surface area contributed by atoms with Crippen LogP contribution in [0.4, 0.5) is 0 Å². The molecule has 1 atom stereocenters. The van der Waals surface area contributed by atoms with Crippen molar-refractivity contribution in [2.24, 2.45) is 0 Å². The van der Waals surface area contributed by atoms with Crippen LogP contribution < -0.4 is 4.74 Å². The van der Waals surface area contributed by atoms with E-state index in [0.717, 1.165) is 34.6 Å². The Hall–Kier alpha value is -3.12. The van der Waals surface area contributed by atoms with Gasteiger partial charge >= 0.3 is 0 Å². The Morgan fingerprint density at radius 2 is 1.93 bits per heavy atom. The van der Waals surface area contributed by atoms with E-state index in [0.29, 0.717) is 25.5 Å². The number of nitrogens with zero attached hydrogens (tertiary/aromatic N) is 2. The van der Waals surface area contributed by atoms with Crippen LogP contribution in [0.2, 0.25) is 0 Å². The molecule has 1 N–H and O–H groups in total. The third-order valence-corrected chi connectivity index (χ3v) is 5.09. The second-order valence-corrected chi connectivity index (χ2v) is 7.04. The molecule has 4 rings (SSSR count). The molecule has 150 valence electrons. The van der Waals surface area contributed by atoms with Gasteiger partial charge in [0.2, 0.25) is 0 Å². The van der Waals surface area contributed by atoms with E-state index in [1.165, 1.54) is 0 Å². The van der Waals surface area contributed by atoms with Gasteiger partial charge in [-0.05, 0) is 24.1 Å². The van der Waals surface area contributed by atoms with Gasteiger partial charge in [-0.2, -0.15) is 5.10 Å². The maximum atomic E-state index is 13.2. The molecule has 1 aliphatic heterocycles. The van der Waals surface area contributed by atoms with Crippen molar-refractivity contribution < 1.29 is 14.3 Å². The fourth-order valence-corrected chi connectivity index (χ4v) is 3.77. The summed E-state index contributed by atoms with van der Waals surface area (Å²) in [5, 5.41) is 7.46. The van der Waals surface area contributed by atoms with Crippen LogP contribution >= 0.6 is 0 Å². The number of nitrogens with one attached hydrogen (secondary N) is 1.